The summed E-state index contributed by atoms with van der Waals surface area (Å²) in [5, 5.41) is 0. The van der Waals surface area contributed by atoms with Crippen molar-refractivity contribution >= 4 is 0 Å². The van der Waals surface area contributed by atoms with Crippen LogP contribution in [0.4, 0.5) is 0 Å². The predicted molar refractivity (Wildman–Crippen MR) is 88.4 cm³/mol. The molecule has 1 aromatic carbocycles. The van der Waals surface area contributed by atoms with Crippen LogP contribution in [-0.4, -0.2) is 53.6 Å². The number of nitrogens with two attached hydrogens (primary N) is 1. The van der Waals surface area contributed by atoms with E-state index in [1.165, 1.54) is 38.0 Å². The van der Waals surface area contributed by atoms with Gasteiger partial charge in [-0.05, 0) is 45.2 Å². The summed E-state index contributed by atoms with van der Waals surface area (Å²) >= 11 is 0. The molecule has 116 valence electrons. The monoisotopic (exact) mass is 287 g/mol. The Balaban J connectivity index is 1.77. The van der Waals surface area contributed by atoms with Gasteiger partial charge in [-0.1, -0.05) is 30.3 Å². The van der Waals surface area contributed by atoms with Crippen molar-refractivity contribution in [1.82, 2.24) is 9.80 Å². The molecular formula is C18H29N3. The Bertz CT molecular complexity index is 461. The first kappa shape index (κ1) is 15.0. The summed E-state index contributed by atoms with van der Waals surface area (Å²) in [6, 6.07) is 12.1. The number of hydrogen-bond donors (Lipinski definition) is 1. The van der Waals surface area contributed by atoms with Gasteiger partial charge in [0.05, 0.1) is 0 Å². The fraction of sp³-hybridized carbons (Fsp3) is 0.667. The topological polar surface area (TPSA) is 32.5 Å². The summed E-state index contributed by atoms with van der Waals surface area (Å²) < 4.78 is 0. The summed E-state index contributed by atoms with van der Waals surface area (Å²) in [4.78, 5) is 5.37. The molecule has 3 unspecified atom stereocenters. The fourth-order valence-corrected chi connectivity index (χ4v) is 4.27. The fourth-order valence-electron chi connectivity index (χ4n) is 4.27. The van der Waals surface area contributed by atoms with Gasteiger partial charge in [0, 0.05) is 37.3 Å². The SMILES string of the molecule is CC1CN2CCCC2CN1C(C)(CN)Cc1ccccc1. The standard InChI is InChI=1S/C18H29N3/c1-15-12-20-10-6-9-17(20)13-21(15)18(2,14-19)11-16-7-4-3-5-8-16/h3-5,7-8,15,17H,6,9-14,19H2,1-2H3. The summed E-state index contributed by atoms with van der Waals surface area (Å²) in [6.07, 6.45) is 3.76. The van der Waals surface area contributed by atoms with E-state index in [0.717, 1.165) is 19.0 Å². The molecule has 0 aromatic heterocycles. The van der Waals surface area contributed by atoms with Crippen molar-refractivity contribution in [3.05, 3.63) is 35.9 Å². The van der Waals surface area contributed by atoms with Gasteiger partial charge >= 0.3 is 0 Å². The zero-order chi connectivity index (χ0) is 14.9. The third-order valence-electron chi connectivity index (χ3n) is 5.50. The second-order valence-corrected chi connectivity index (χ2v) is 7.16. The van der Waals surface area contributed by atoms with Gasteiger partial charge in [-0.25, -0.2) is 0 Å². The van der Waals surface area contributed by atoms with Gasteiger partial charge < -0.3 is 5.73 Å². The van der Waals surface area contributed by atoms with Crippen molar-refractivity contribution in [2.24, 2.45) is 5.73 Å². The largest absolute Gasteiger partial charge is 0.329 e. The zero-order valence-corrected chi connectivity index (χ0v) is 13.5. The predicted octanol–water partition coefficient (Wildman–Crippen LogP) is 2.12. The van der Waals surface area contributed by atoms with Gasteiger partial charge in [-0.3, -0.25) is 9.80 Å². The highest BCUT2D eigenvalue weighted by molar-refractivity contribution is 5.18. The van der Waals surface area contributed by atoms with Crippen LogP contribution < -0.4 is 5.73 Å². The van der Waals surface area contributed by atoms with E-state index in [9.17, 15) is 0 Å². The third-order valence-corrected chi connectivity index (χ3v) is 5.50. The number of piperazine rings is 1. The second kappa shape index (κ2) is 6.07. The molecule has 2 heterocycles. The molecule has 3 atom stereocenters. The Morgan fingerprint density at radius 1 is 1.24 bits per heavy atom. The van der Waals surface area contributed by atoms with E-state index in [4.69, 9.17) is 5.73 Å². The highest BCUT2D eigenvalue weighted by Crippen LogP contribution is 2.31. The van der Waals surface area contributed by atoms with E-state index in [-0.39, 0.29) is 5.54 Å². The molecule has 0 spiro atoms. The molecule has 0 aliphatic carbocycles. The van der Waals surface area contributed by atoms with Crippen molar-refractivity contribution in [1.29, 1.82) is 0 Å². The van der Waals surface area contributed by atoms with E-state index in [1.54, 1.807) is 0 Å². The van der Waals surface area contributed by atoms with Gasteiger partial charge in [0.1, 0.15) is 0 Å². The van der Waals surface area contributed by atoms with Crippen LogP contribution in [0.2, 0.25) is 0 Å². The average Bonchev–Trinajstić information content (AvgIpc) is 2.94. The van der Waals surface area contributed by atoms with Crippen LogP contribution in [0.5, 0.6) is 0 Å². The van der Waals surface area contributed by atoms with Crippen molar-refractivity contribution in [2.75, 3.05) is 26.2 Å². The quantitative estimate of drug-likeness (QED) is 0.920. The molecule has 2 N–H and O–H groups in total. The Labute approximate surface area is 129 Å². The third kappa shape index (κ3) is 3.01. The smallest absolute Gasteiger partial charge is 0.0347 e. The minimum atomic E-state index is 0.0649. The van der Waals surface area contributed by atoms with Gasteiger partial charge in [-0.2, -0.15) is 0 Å². The Kier molecular flexibility index (Phi) is 4.34. The lowest BCUT2D eigenvalue weighted by atomic mass is 9.88. The average molecular weight is 287 g/mol. The molecule has 1 aromatic rings. The van der Waals surface area contributed by atoms with E-state index in [0.29, 0.717) is 6.04 Å². The van der Waals surface area contributed by atoms with Crippen molar-refractivity contribution in [2.45, 2.75) is 50.7 Å². The molecule has 3 heteroatoms. The van der Waals surface area contributed by atoms with E-state index in [1.807, 2.05) is 0 Å². The lowest BCUT2D eigenvalue weighted by Gasteiger charge is -2.51. The molecular weight excluding hydrogens is 258 g/mol. The van der Waals surface area contributed by atoms with Gasteiger partial charge in [0.15, 0.2) is 0 Å². The van der Waals surface area contributed by atoms with Crippen LogP contribution in [0.1, 0.15) is 32.3 Å². The first-order valence-corrected chi connectivity index (χ1v) is 8.37. The minimum absolute atomic E-state index is 0.0649. The lowest BCUT2D eigenvalue weighted by Crippen LogP contribution is -2.65. The molecule has 0 amide bonds. The Hall–Kier alpha value is -0.900. The summed E-state index contributed by atoms with van der Waals surface area (Å²) in [7, 11) is 0. The Morgan fingerprint density at radius 3 is 2.71 bits per heavy atom. The number of nitrogens with zero attached hydrogens (tertiary/aromatic N) is 2. The minimum Gasteiger partial charge on any atom is -0.329 e. The number of benzene rings is 1. The van der Waals surface area contributed by atoms with Gasteiger partial charge in [-0.15, -0.1) is 0 Å². The maximum Gasteiger partial charge on any atom is 0.0347 e. The first-order chi connectivity index (χ1) is 10.1. The highest BCUT2D eigenvalue weighted by Gasteiger charge is 2.41. The second-order valence-electron chi connectivity index (χ2n) is 7.16. The highest BCUT2D eigenvalue weighted by atomic mass is 15.3. The van der Waals surface area contributed by atoms with Crippen LogP contribution >= 0.6 is 0 Å². The normalized spacial score (nSPS) is 30.0. The molecule has 3 nitrogen and oxygen atoms in total. The van der Waals surface area contributed by atoms with Crippen LogP contribution in [0.25, 0.3) is 0 Å². The number of fused-ring (bicyclic) bond motifs is 1. The zero-order valence-electron chi connectivity index (χ0n) is 13.5. The molecule has 2 aliphatic rings. The first-order valence-electron chi connectivity index (χ1n) is 8.37. The molecule has 0 bridgehead atoms. The molecule has 3 rings (SSSR count). The Morgan fingerprint density at radius 2 is 2.00 bits per heavy atom. The molecule has 0 radical (unpaired) electrons. The van der Waals surface area contributed by atoms with Crippen LogP contribution in [0, 0.1) is 0 Å². The maximum absolute atomic E-state index is 6.23. The van der Waals surface area contributed by atoms with Crippen LogP contribution in [0.15, 0.2) is 30.3 Å². The van der Waals surface area contributed by atoms with Crippen molar-refractivity contribution in [3.63, 3.8) is 0 Å². The van der Waals surface area contributed by atoms with Crippen LogP contribution in [0.3, 0.4) is 0 Å². The molecule has 2 fully saturated rings. The summed E-state index contributed by atoms with van der Waals surface area (Å²) in [5.74, 6) is 0. The molecule has 21 heavy (non-hydrogen) atoms. The number of rotatable bonds is 4. The van der Waals surface area contributed by atoms with Crippen molar-refractivity contribution < 1.29 is 0 Å². The van der Waals surface area contributed by atoms with Gasteiger partial charge in [0.2, 0.25) is 0 Å². The van der Waals surface area contributed by atoms with E-state index < -0.39 is 0 Å². The summed E-state index contributed by atoms with van der Waals surface area (Å²) in [5.41, 5.74) is 7.69. The lowest BCUT2D eigenvalue weighted by molar-refractivity contribution is -0.0125. The molecule has 0 saturated carbocycles. The molecule has 2 aliphatic heterocycles. The number of hydrogen-bond acceptors (Lipinski definition) is 3. The van der Waals surface area contributed by atoms with E-state index in [2.05, 4.69) is 54.0 Å². The van der Waals surface area contributed by atoms with E-state index >= 15 is 0 Å². The maximum atomic E-state index is 6.23. The van der Waals surface area contributed by atoms with Crippen LogP contribution in [-0.2, 0) is 6.42 Å². The van der Waals surface area contributed by atoms with Crippen molar-refractivity contribution in [3.8, 4) is 0 Å². The summed E-state index contributed by atoms with van der Waals surface area (Å²) in [6.45, 7) is 9.12. The molecule has 2 saturated heterocycles. The van der Waals surface area contributed by atoms with Gasteiger partial charge in [0.25, 0.3) is 0 Å².